The molecule has 0 saturated carbocycles. The van der Waals surface area contributed by atoms with Gasteiger partial charge in [-0.1, -0.05) is 0 Å². The van der Waals surface area contributed by atoms with Crippen molar-refractivity contribution in [1.82, 2.24) is 10.2 Å². The Balaban J connectivity index is 1.95. The van der Waals surface area contributed by atoms with Crippen molar-refractivity contribution in [3.63, 3.8) is 0 Å². The van der Waals surface area contributed by atoms with Crippen molar-refractivity contribution in [1.29, 1.82) is 0 Å². The molecule has 30 heavy (non-hydrogen) atoms. The standard InChI is InChI=1S/C18H25FN6O4S/c1-29-18(30)22-10-13(23-20)9-21-12-2-3-15(14(19)8-12)24-4-6-25(7-5-24)17(28)16(27)11-26/h2-3,8-9,16,20-21,26-27H,4-7,10-11H2,1H3,(H,22,30)/p+3/b13-9-,23-20?. The van der Waals surface area contributed by atoms with Crippen molar-refractivity contribution in [3.8, 4) is 0 Å². The summed E-state index contributed by atoms with van der Waals surface area (Å²) in [7, 11) is 1.45. The molecular weight excluding hydrogens is 415 g/mol. The monoisotopic (exact) mass is 443 g/mol. The average molecular weight is 444 g/mol. The maximum Gasteiger partial charge on any atom is 0.304 e. The number of methoxy groups -OCH3 is 1. The molecule has 0 aromatic heterocycles. The quantitative estimate of drug-likeness (QED) is 0.149. The fraction of sp³-hybridized carbons (Fsp3) is 0.444. The van der Waals surface area contributed by atoms with Crippen LogP contribution in [-0.2, 0) is 9.53 Å². The molecule has 1 aliphatic heterocycles. The molecule has 2 rings (SSSR count). The fourth-order valence-electron chi connectivity index (χ4n) is 2.92. The molecule has 1 fully saturated rings. The van der Waals surface area contributed by atoms with E-state index in [-0.39, 0.29) is 17.5 Å². The third-order valence-corrected chi connectivity index (χ3v) is 4.93. The lowest BCUT2D eigenvalue weighted by molar-refractivity contribution is -0.498. The van der Waals surface area contributed by atoms with Gasteiger partial charge in [0.2, 0.25) is 0 Å². The van der Waals surface area contributed by atoms with E-state index in [1.807, 2.05) is 4.90 Å². The normalized spacial score (nSPS) is 15.5. The maximum atomic E-state index is 14.7. The van der Waals surface area contributed by atoms with E-state index in [2.05, 4.69) is 10.4 Å². The molecule has 164 valence electrons. The molecule has 1 amide bonds. The number of nitrogens with one attached hydrogen (secondary N) is 1. The Labute approximate surface area is 178 Å². The van der Waals surface area contributed by atoms with Crippen LogP contribution in [0.1, 0.15) is 0 Å². The zero-order valence-electron chi connectivity index (χ0n) is 16.7. The minimum Gasteiger partial charge on any atom is -0.474 e. The molecule has 10 nitrogen and oxygen atoms in total. The molecular formula is C18H28FN6O4S+3. The summed E-state index contributed by atoms with van der Waals surface area (Å²) in [6.07, 6.45) is 0.490. The second-order valence-corrected chi connectivity index (χ2v) is 6.93. The van der Waals surface area contributed by atoms with Gasteiger partial charge < -0.3 is 30.1 Å². The van der Waals surface area contributed by atoms with E-state index in [1.165, 1.54) is 18.1 Å². The Morgan fingerprint density at radius 1 is 1.50 bits per heavy atom. The van der Waals surface area contributed by atoms with Crippen LogP contribution in [0.4, 0.5) is 15.8 Å². The number of carbonyl (C=O) groups excluding carboxylic acids is 1. The minimum atomic E-state index is -1.17. The Morgan fingerprint density at radius 2 is 2.20 bits per heavy atom. The molecule has 1 heterocycles. The Kier molecular flexibility index (Phi) is 9.05. The molecule has 1 aliphatic rings. The first-order valence-corrected chi connectivity index (χ1v) is 9.72. The number of carbonyl (C=O) groups is 1. The number of anilines is 1. The van der Waals surface area contributed by atoms with Gasteiger partial charge in [0.25, 0.3) is 11.3 Å². The highest BCUT2D eigenvalue weighted by molar-refractivity contribution is 7.80. The number of halogens is 1. The minimum absolute atomic E-state index is 0.219. The number of aliphatic hydroxyl groups is 1. The molecule has 12 heteroatoms. The van der Waals surface area contributed by atoms with Crippen LogP contribution in [0.2, 0.25) is 0 Å². The van der Waals surface area contributed by atoms with Crippen LogP contribution in [0.3, 0.4) is 0 Å². The number of piperazine rings is 1. The van der Waals surface area contributed by atoms with Crippen molar-refractivity contribution >= 4 is 34.7 Å². The van der Waals surface area contributed by atoms with Crippen molar-refractivity contribution in [2.45, 2.75) is 6.10 Å². The molecule has 0 spiro atoms. The molecule has 0 bridgehead atoms. The number of hydrogen-bond donors (Lipinski definition) is 4. The number of hydrogen-bond acceptors (Lipinski definition) is 6. The second kappa shape index (κ2) is 11.5. The summed E-state index contributed by atoms with van der Waals surface area (Å²) in [4.78, 5) is 15.4. The van der Waals surface area contributed by atoms with Crippen molar-refractivity contribution < 1.29 is 35.0 Å². The van der Waals surface area contributed by atoms with E-state index in [4.69, 9.17) is 32.7 Å². The molecule has 1 saturated heterocycles. The largest absolute Gasteiger partial charge is 0.474 e. The third kappa shape index (κ3) is 6.42. The van der Waals surface area contributed by atoms with E-state index >= 15 is 0 Å². The lowest BCUT2D eigenvalue weighted by Gasteiger charge is -2.36. The van der Waals surface area contributed by atoms with Crippen LogP contribution in [-0.4, -0.2) is 78.7 Å². The number of quaternary nitrogens is 1. The summed E-state index contributed by atoms with van der Waals surface area (Å²) < 4.78 is 19.5. The molecule has 0 aliphatic carbocycles. The lowest BCUT2D eigenvalue weighted by Crippen LogP contribution is -2.71. The van der Waals surface area contributed by atoms with Crippen LogP contribution in [0.15, 0.2) is 35.2 Å². The first-order valence-electron chi connectivity index (χ1n) is 9.31. The van der Waals surface area contributed by atoms with Gasteiger partial charge in [-0.3, -0.25) is 10.1 Å². The van der Waals surface area contributed by atoms with Crippen molar-refractivity contribution in [2.75, 3.05) is 51.3 Å². The summed E-state index contributed by atoms with van der Waals surface area (Å²) in [5.41, 5.74) is 6.95. The second-order valence-electron chi connectivity index (χ2n) is 6.56. The number of thiocarbonyl (C=S) groups is 1. The highest BCUT2D eigenvalue weighted by Gasteiger charge is 2.29. The van der Waals surface area contributed by atoms with E-state index < -0.39 is 18.6 Å². The van der Waals surface area contributed by atoms with Crippen LogP contribution in [0.25, 0.3) is 0 Å². The molecule has 0 radical (unpaired) electrons. The summed E-state index contributed by atoms with van der Waals surface area (Å²) in [6, 6.07) is 4.88. The molecule has 1 aromatic rings. The van der Waals surface area contributed by atoms with Crippen LogP contribution in [0.5, 0.6) is 0 Å². The first-order chi connectivity index (χ1) is 14.4. The van der Waals surface area contributed by atoms with E-state index in [1.54, 1.807) is 23.6 Å². The van der Waals surface area contributed by atoms with Gasteiger partial charge in [-0.05, 0) is 23.4 Å². The SMILES string of the molecule is COC(=S)NC/C(=C/[NH2+]c1ccc(N2CCN(C(=O)C([OH2+])CO)CC2)c(F)c1)N=[NH2+]. The van der Waals surface area contributed by atoms with Gasteiger partial charge in [0, 0.05) is 38.3 Å². The lowest BCUT2D eigenvalue weighted by atomic mass is 10.2. The predicted molar refractivity (Wildman–Crippen MR) is 111 cm³/mol. The number of amides is 1. The van der Waals surface area contributed by atoms with Crippen LogP contribution >= 0.6 is 12.2 Å². The number of nitrogens with two attached hydrogens (primary N) is 2. The van der Waals surface area contributed by atoms with Crippen molar-refractivity contribution in [2.24, 2.45) is 5.11 Å². The van der Waals surface area contributed by atoms with Gasteiger partial charge in [-0.15, -0.1) is 0 Å². The number of benzene rings is 1. The maximum absolute atomic E-state index is 14.7. The van der Waals surface area contributed by atoms with Crippen molar-refractivity contribution in [3.05, 3.63) is 35.9 Å². The highest BCUT2D eigenvalue weighted by atomic mass is 32.1. The number of nitrogens with zero attached hydrogens (tertiary/aromatic N) is 3. The van der Waals surface area contributed by atoms with E-state index in [9.17, 15) is 9.18 Å². The zero-order chi connectivity index (χ0) is 22.1. The Hall–Kier alpha value is -2.67. The summed E-state index contributed by atoms with van der Waals surface area (Å²) in [5, 5.41) is 24.9. The van der Waals surface area contributed by atoms with Crippen LogP contribution < -0.4 is 21.1 Å². The average Bonchev–Trinajstić information content (AvgIpc) is 2.78. The molecule has 1 unspecified atom stereocenters. The number of aliphatic hydroxyl groups excluding tert-OH is 1. The topological polar surface area (TPSA) is 142 Å². The van der Waals surface area contributed by atoms with Gasteiger partial charge >= 0.3 is 5.91 Å². The summed E-state index contributed by atoms with van der Waals surface area (Å²) in [6.45, 7) is 1.42. The molecule has 8 N–H and O–H groups in total. The summed E-state index contributed by atoms with van der Waals surface area (Å²) >= 11 is 4.88. The highest BCUT2D eigenvalue weighted by Crippen LogP contribution is 2.22. The van der Waals surface area contributed by atoms with Gasteiger partial charge in [0.05, 0.1) is 19.3 Å². The first kappa shape index (κ1) is 23.6. The fourth-order valence-corrected chi connectivity index (χ4v) is 3.00. The number of ether oxygens (including phenoxy) is 1. The Bertz CT molecular complexity index is 801. The third-order valence-electron chi connectivity index (χ3n) is 4.62. The molecule has 1 atom stereocenters. The van der Waals surface area contributed by atoms with Gasteiger partial charge in [-0.25, -0.2) is 4.39 Å². The van der Waals surface area contributed by atoms with Gasteiger partial charge in [0.1, 0.15) is 18.5 Å². The zero-order valence-corrected chi connectivity index (χ0v) is 17.5. The smallest absolute Gasteiger partial charge is 0.304 e. The van der Waals surface area contributed by atoms with Gasteiger partial charge in [0.15, 0.2) is 11.5 Å². The van der Waals surface area contributed by atoms with E-state index in [0.29, 0.717) is 43.3 Å². The van der Waals surface area contributed by atoms with E-state index in [0.717, 1.165) is 0 Å². The Morgan fingerprint density at radius 3 is 2.77 bits per heavy atom. The summed E-state index contributed by atoms with van der Waals surface area (Å²) in [5.74, 6) is -0.785. The van der Waals surface area contributed by atoms with Gasteiger partial charge in [-0.2, -0.15) is 5.53 Å². The molecule has 1 aromatic carbocycles. The van der Waals surface area contributed by atoms with Crippen LogP contribution in [0, 0.1) is 5.82 Å². The predicted octanol–water partition coefficient (Wildman–Crippen LogP) is -2.67. The number of rotatable bonds is 8.